The highest BCUT2D eigenvalue weighted by Gasteiger charge is 2.21. The smallest absolute Gasteiger partial charge is 0.186 e. The molecule has 1 aliphatic rings. The number of rotatable bonds is 2. The molecule has 0 bridgehead atoms. The van der Waals surface area contributed by atoms with Crippen molar-refractivity contribution >= 4 is 34.1 Å². The van der Waals surface area contributed by atoms with Gasteiger partial charge in [0.25, 0.3) is 0 Å². The lowest BCUT2D eigenvalue weighted by Gasteiger charge is -2.28. The van der Waals surface area contributed by atoms with Crippen LogP contribution in [0.5, 0.6) is 0 Å². The number of hydrogen-bond donors (Lipinski definition) is 0. The molecule has 2 aromatic heterocycles. The molecule has 0 spiro atoms. The number of thioether (sulfide) groups is 1. The van der Waals surface area contributed by atoms with Crippen LogP contribution >= 0.6 is 11.8 Å². The van der Waals surface area contributed by atoms with Crippen LogP contribution in [0, 0.1) is 5.82 Å². The number of halogens is 1. The molecular formula is C19H16FN5S. The van der Waals surface area contributed by atoms with Crippen molar-refractivity contribution in [1.29, 1.82) is 0 Å². The van der Waals surface area contributed by atoms with Crippen LogP contribution in [0.4, 0.5) is 10.2 Å². The van der Waals surface area contributed by atoms with Crippen molar-refractivity contribution in [2.45, 2.75) is 0 Å². The van der Waals surface area contributed by atoms with E-state index in [1.54, 1.807) is 22.7 Å². The van der Waals surface area contributed by atoms with Crippen LogP contribution < -0.4 is 4.90 Å². The zero-order valence-electron chi connectivity index (χ0n) is 14.0. The second kappa shape index (κ2) is 6.25. The van der Waals surface area contributed by atoms with E-state index in [0.29, 0.717) is 16.9 Å². The first kappa shape index (κ1) is 15.6. The van der Waals surface area contributed by atoms with Crippen molar-refractivity contribution in [1.82, 2.24) is 19.8 Å². The molecule has 1 aliphatic heterocycles. The molecule has 1 fully saturated rings. The van der Waals surface area contributed by atoms with Gasteiger partial charge in [0.2, 0.25) is 0 Å². The molecule has 0 unspecified atom stereocenters. The predicted octanol–water partition coefficient (Wildman–Crippen LogP) is 3.64. The average molecular weight is 365 g/mol. The van der Waals surface area contributed by atoms with Crippen molar-refractivity contribution in [3.8, 4) is 11.3 Å². The highest BCUT2D eigenvalue weighted by molar-refractivity contribution is 7.99. The maximum absolute atomic E-state index is 14.3. The molecule has 4 aromatic rings. The number of benzene rings is 2. The first-order valence-electron chi connectivity index (χ1n) is 8.55. The Bertz CT molecular complexity index is 1100. The van der Waals surface area contributed by atoms with E-state index in [1.165, 1.54) is 6.07 Å². The van der Waals surface area contributed by atoms with Gasteiger partial charge in [-0.15, -0.1) is 5.10 Å². The van der Waals surface area contributed by atoms with Gasteiger partial charge in [-0.3, -0.25) is 0 Å². The van der Waals surface area contributed by atoms with E-state index in [1.807, 2.05) is 30.0 Å². The lowest BCUT2D eigenvalue weighted by atomic mass is 10.1. The molecule has 130 valence electrons. The average Bonchev–Trinajstić information content (AvgIpc) is 3.12. The van der Waals surface area contributed by atoms with Crippen molar-refractivity contribution < 1.29 is 4.39 Å². The molecular weight excluding hydrogens is 349 g/mol. The van der Waals surface area contributed by atoms with Crippen LogP contribution in [0.3, 0.4) is 0 Å². The molecule has 3 heterocycles. The molecule has 0 amide bonds. The summed E-state index contributed by atoms with van der Waals surface area (Å²) in [5.74, 6) is 2.77. The molecule has 7 heteroatoms. The summed E-state index contributed by atoms with van der Waals surface area (Å²) in [6.45, 7) is 1.91. The third kappa shape index (κ3) is 2.42. The molecule has 0 N–H and O–H groups in total. The van der Waals surface area contributed by atoms with Crippen LogP contribution in [0.25, 0.3) is 27.8 Å². The van der Waals surface area contributed by atoms with Crippen LogP contribution in [0.15, 0.2) is 48.5 Å². The summed E-state index contributed by atoms with van der Waals surface area (Å²) in [6, 6.07) is 14.7. The van der Waals surface area contributed by atoms with Crippen LogP contribution in [0.2, 0.25) is 0 Å². The van der Waals surface area contributed by atoms with E-state index < -0.39 is 0 Å². The summed E-state index contributed by atoms with van der Waals surface area (Å²) in [7, 11) is 0. The van der Waals surface area contributed by atoms with Gasteiger partial charge in [-0.25, -0.2) is 9.37 Å². The van der Waals surface area contributed by atoms with Gasteiger partial charge in [-0.05, 0) is 24.3 Å². The Balaban J connectivity index is 1.81. The molecule has 26 heavy (non-hydrogen) atoms. The van der Waals surface area contributed by atoms with E-state index in [-0.39, 0.29) is 5.82 Å². The monoisotopic (exact) mass is 365 g/mol. The van der Waals surface area contributed by atoms with Crippen molar-refractivity contribution in [3.63, 3.8) is 0 Å². The summed E-state index contributed by atoms with van der Waals surface area (Å²) in [5.41, 5.74) is 2.41. The first-order valence-corrected chi connectivity index (χ1v) is 9.70. The fourth-order valence-electron chi connectivity index (χ4n) is 3.39. The van der Waals surface area contributed by atoms with E-state index >= 15 is 0 Å². The van der Waals surface area contributed by atoms with Gasteiger partial charge in [0.15, 0.2) is 5.65 Å². The van der Waals surface area contributed by atoms with Crippen LogP contribution in [-0.2, 0) is 0 Å². The topological polar surface area (TPSA) is 46.3 Å². The minimum atomic E-state index is -0.319. The maximum Gasteiger partial charge on any atom is 0.186 e. The van der Waals surface area contributed by atoms with Gasteiger partial charge >= 0.3 is 0 Å². The molecule has 0 atom stereocenters. The van der Waals surface area contributed by atoms with Gasteiger partial charge in [-0.2, -0.15) is 16.3 Å². The maximum atomic E-state index is 14.3. The van der Waals surface area contributed by atoms with Gasteiger partial charge in [0.05, 0.1) is 5.52 Å². The Kier molecular flexibility index (Phi) is 3.74. The normalized spacial score (nSPS) is 15.0. The second-order valence-corrected chi connectivity index (χ2v) is 7.43. The van der Waals surface area contributed by atoms with Crippen molar-refractivity contribution in [2.75, 3.05) is 29.5 Å². The first-order chi connectivity index (χ1) is 12.8. The third-order valence-electron chi connectivity index (χ3n) is 4.67. The predicted molar refractivity (Wildman–Crippen MR) is 103 cm³/mol. The number of anilines is 1. The quantitative estimate of drug-likeness (QED) is 0.543. The van der Waals surface area contributed by atoms with E-state index in [9.17, 15) is 4.39 Å². The van der Waals surface area contributed by atoms with Gasteiger partial charge < -0.3 is 4.90 Å². The second-order valence-electron chi connectivity index (χ2n) is 6.21. The van der Waals surface area contributed by atoms with Gasteiger partial charge in [0.1, 0.15) is 17.3 Å². The Labute approximate surface area is 153 Å². The summed E-state index contributed by atoms with van der Waals surface area (Å²) < 4.78 is 16.0. The van der Waals surface area contributed by atoms with Gasteiger partial charge in [-0.1, -0.05) is 29.5 Å². The highest BCUT2D eigenvalue weighted by Crippen LogP contribution is 2.31. The third-order valence-corrected chi connectivity index (χ3v) is 5.61. The van der Waals surface area contributed by atoms with Crippen molar-refractivity contribution in [2.24, 2.45) is 0 Å². The van der Waals surface area contributed by atoms with Gasteiger partial charge in [0, 0.05) is 35.5 Å². The van der Waals surface area contributed by atoms with E-state index in [4.69, 9.17) is 4.98 Å². The molecule has 0 aliphatic carbocycles. The van der Waals surface area contributed by atoms with E-state index in [0.717, 1.165) is 41.3 Å². The molecule has 5 nitrogen and oxygen atoms in total. The molecule has 0 saturated carbocycles. The fourth-order valence-corrected chi connectivity index (χ4v) is 4.29. The number of aromatic nitrogens is 4. The Morgan fingerprint density at radius 2 is 1.73 bits per heavy atom. The largest absolute Gasteiger partial charge is 0.354 e. The van der Waals surface area contributed by atoms with Crippen LogP contribution in [-0.4, -0.2) is 44.4 Å². The minimum Gasteiger partial charge on any atom is -0.354 e. The summed E-state index contributed by atoms with van der Waals surface area (Å²) in [6.07, 6.45) is 0. The number of para-hydroxylation sites is 1. The van der Waals surface area contributed by atoms with Crippen LogP contribution in [0.1, 0.15) is 0 Å². The number of fused-ring (bicyclic) bond motifs is 3. The Morgan fingerprint density at radius 3 is 2.58 bits per heavy atom. The lowest BCUT2D eigenvalue weighted by molar-refractivity contribution is 0.630. The number of nitrogens with zero attached hydrogens (tertiary/aromatic N) is 5. The standard InChI is InChI=1S/C19H16FN5S/c20-15-7-3-1-5-13(15)17-19-21-18(24-9-11-26-12-10-24)14-6-2-4-8-16(14)25(19)23-22-17/h1-8H,9-12H2. The Morgan fingerprint density at radius 1 is 0.962 bits per heavy atom. The highest BCUT2D eigenvalue weighted by atomic mass is 32.2. The Hall–Kier alpha value is -2.67. The zero-order valence-corrected chi connectivity index (χ0v) is 14.8. The SMILES string of the molecule is Fc1ccccc1-c1nnn2c1nc(N1CCSCC1)c1ccccc12. The molecule has 5 rings (SSSR count). The summed E-state index contributed by atoms with van der Waals surface area (Å²) >= 11 is 1.96. The molecule has 2 aromatic carbocycles. The molecule has 1 saturated heterocycles. The van der Waals surface area contributed by atoms with Crippen molar-refractivity contribution in [3.05, 3.63) is 54.3 Å². The van der Waals surface area contributed by atoms with E-state index in [2.05, 4.69) is 21.3 Å². The summed E-state index contributed by atoms with van der Waals surface area (Å²) in [5, 5.41) is 9.55. The fraction of sp³-hybridized carbons (Fsp3) is 0.211. The minimum absolute atomic E-state index is 0.319. The lowest BCUT2D eigenvalue weighted by Crippen LogP contribution is -2.33. The summed E-state index contributed by atoms with van der Waals surface area (Å²) in [4.78, 5) is 7.19. The zero-order chi connectivity index (χ0) is 17.5. The number of hydrogen-bond acceptors (Lipinski definition) is 5. The molecule has 0 radical (unpaired) electrons.